The number of rotatable bonds is 7. The lowest BCUT2D eigenvalue weighted by Crippen LogP contribution is -2.00. The van der Waals surface area contributed by atoms with Crippen molar-refractivity contribution in [2.75, 3.05) is 0 Å². The summed E-state index contributed by atoms with van der Waals surface area (Å²) in [6, 6.07) is 18.0. The number of aromatic amines is 1. The molecule has 0 bridgehead atoms. The van der Waals surface area contributed by atoms with Gasteiger partial charge in [0.25, 0.3) is 0 Å². The van der Waals surface area contributed by atoms with Gasteiger partial charge in [0.05, 0.1) is 0 Å². The summed E-state index contributed by atoms with van der Waals surface area (Å²) >= 11 is 0. The monoisotopic (exact) mass is 399 g/mol. The van der Waals surface area contributed by atoms with Crippen LogP contribution in [0, 0.1) is 5.92 Å². The van der Waals surface area contributed by atoms with Crippen LogP contribution in [0.1, 0.15) is 30.5 Å². The van der Waals surface area contributed by atoms with Crippen LogP contribution in [0.2, 0.25) is 0 Å². The minimum atomic E-state index is -0.0224. The second-order valence-electron chi connectivity index (χ2n) is 7.82. The number of hydrogen-bond donors (Lipinski definition) is 2. The molecule has 0 aliphatic heterocycles. The van der Waals surface area contributed by atoms with Crippen LogP contribution in [0.5, 0.6) is 5.75 Å². The Kier molecular flexibility index (Phi) is 5.53. The fourth-order valence-electron chi connectivity index (χ4n) is 3.41. The van der Waals surface area contributed by atoms with Crippen LogP contribution >= 0.6 is 0 Å². The number of aliphatic hydroxyl groups is 1. The Bertz CT molecular complexity index is 1180. The predicted molar refractivity (Wildman–Crippen MR) is 120 cm³/mol. The fraction of sp³-hybridized carbons (Fsp3) is 0.200. The van der Waals surface area contributed by atoms with Crippen molar-refractivity contribution in [1.29, 1.82) is 0 Å². The van der Waals surface area contributed by atoms with Gasteiger partial charge in [0.15, 0.2) is 5.65 Å². The highest BCUT2D eigenvalue weighted by atomic mass is 16.5. The van der Waals surface area contributed by atoms with Crippen molar-refractivity contribution in [3.63, 3.8) is 0 Å². The molecule has 0 radical (unpaired) electrons. The van der Waals surface area contributed by atoms with Crippen LogP contribution in [0.25, 0.3) is 28.3 Å². The number of hydrogen-bond acceptors (Lipinski definition) is 4. The van der Waals surface area contributed by atoms with E-state index in [0.29, 0.717) is 29.3 Å². The van der Waals surface area contributed by atoms with E-state index in [4.69, 9.17) is 9.72 Å². The first kappa shape index (κ1) is 19.7. The smallest absolute Gasteiger partial charge is 0.157 e. The molecule has 5 heteroatoms. The van der Waals surface area contributed by atoms with Crippen LogP contribution in [-0.2, 0) is 13.0 Å². The molecule has 0 unspecified atom stereocenters. The highest BCUT2D eigenvalue weighted by molar-refractivity contribution is 5.79. The number of fused-ring (bicyclic) bond motifs is 1. The van der Waals surface area contributed by atoms with Gasteiger partial charge in [-0.15, -0.1) is 0 Å². The maximum atomic E-state index is 9.65. The molecule has 0 aliphatic carbocycles. The molecule has 4 aromatic rings. The van der Waals surface area contributed by atoms with Crippen LogP contribution < -0.4 is 4.74 Å². The molecule has 0 amide bonds. The second kappa shape index (κ2) is 8.41. The Morgan fingerprint density at radius 2 is 1.93 bits per heavy atom. The Morgan fingerprint density at radius 3 is 2.67 bits per heavy atom. The molecule has 0 fully saturated rings. The van der Waals surface area contributed by atoms with Crippen molar-refractivity contribution in [3.8, 4) is 17.1 Å². The molecular formula is C25H25N3O2. The zero-order valence-electron chi connectivity index (χ0n) is 17.2. The minimum absolute atomic E-state index is 0.0224. The van der Waals surface area contributed by atoms with Gasteiger partial charge in [-0.2, -0.15) is 0 Å². The van der Waals surface area contributed by atoms with E-state index in [9.17, 15) is 5.11 Å². The summed E-state index contributed by atoms with van der Waals surface area (Å²) in [6.07, 6.45) is 2.51. The molecule has 0 saturated carbocycles. The topological polar surface area (TPSA) is 71.0 Å². The normalized spacial score (nSPS) is 11.2. The number of nitrogens with zero attached hydrogens (tertiary/aromatic N) is 2. The average molecular weight is 399 g/mol. The van der Waals surface area contributed by atoms with Gasteiger partial charge in [0.2, 0.25) is 0 Å². The predicted octanol–water partition coefficient (Wildman–Crippen LogP) is 5.93. The molecule has 2 aromatic carbocycles. The number of nitrogens with one attached hydrogen (secondary N) is 1. The lowest BCUT2D eigenvalue weighted by Gasteiger charge is -2.13. The van der Waals surface area contributed by atoms with Crippen molar-refractivity contribution >= 4 is 16.9 Å². The third kappa shape index (κ3) is 4.35. The zero-order chi connectivity index (χ0) is 21.1. The van der Waals surface area contributed by atoms with Crippen molar-refractivity contribution in [1.82, 2.24) is 15.0 Å². The lowest BCUT2D eigenvalue weighted by molar-refractivity contribution is 0.306. The molecule has 152 valence electrons. The first-order valence-corrected chi connectivity index (χ1v) is 10.0. The maximum Gasteiger partial charge on any atom is 0.157 e. The van der Waals surface area contributed by atoms with E-state index in [1.165, 1.54) is 5.56 Å². The molecule has 5 nitrogen and oxygen atoms in total. The molecule has 0 aliphatic rings. The van der Waals surface area contributed by atoms with Gasteiger partial charge in [-0.1, -0.05) is 56.8 Å². The number of ether oxygens (including phenoxy) is 1. The summed E-state index contributed by atoms with van der Waals surface area (Å²) in [5.74, 6) is 2.01. The summed E-state index contributed by atoms with van der Waals surface area (Å²) in [7, 11) is 0. The number of benzene rings is 2. The van der Waals surface area contributed by atoms with E-state index in [1.54, 1.807) is 12.3 Å². The number of pyridine rings is 1. The molecule has 0 spiro atoms. The molecule has 2 aromatic heterocycles. The second-order valence-corrected chi connectivity index (χ2v) is 7.82. The van der Waals surface area contributed by atoms with E-state index < -0.39 is 0 Å². The van der Waals surface area contributed by atoms with E-state index in [0.717, 1.165) is 29.1 Å². The van der Waals surface area contributed by atoms with Gasteiger partial charge in [-0.05, 0) is 41.7 Å². The van der Waals surface area contributed by atoms with Crippen LogP contribution in [0.3, 0.4) is 0 Å². The van der Waals surface area contributed by atoms with E-state index in [1.807, 2.05) is 42.5 Å². The number of imidazole rings is 1. The van der Waals surface area contributed by atoms with Gasteiger partial charge >= 0.3 is 0 Å². The Balaban J connectivity index is 1.70. The molecule has 0 saturated heterocycles. The third-order valence-corrected chi connectivity index (χ3v) is 4.88. The lowest BCUT2D eigenvalue weighted by atomic mass is 9.97. The molecule has 2 heterocycles. The van der Waals surface area contributed by atoms with Crippen LogP contribution in [0.4, 0.5) is 0 Å². The molecule has 4 rings (SSSR count). The largest absolute Gasteiger partial charge is 0.508 e. The van der Waals surface area contributed by atoms with Gasteiger partial charge in [-0.3, -0.25) is 0 Å². The van der Waals surface area contributed by atoms with Crippen molar-refractivity contribution in [3.05, 3.63) is 84.1 Å². The van der Waals surface area contributed by atoms with Crippen molar-refractivity contribution < 1.29 is 9.84 Å². The summed E-state index contributed by atoms with van der Waals surface area (Å²) in [4.78, 5) is 12.4. The van der Waals surface area contributed by atoms with Gasteiger partial charge in [0.1, 0.15) is 29.5 Å². The highest BCUT2D eigenvalue weighted by Gasteiger charge is 2.14. The average Bonchev–Trinajstić information content (AvgIpc) is 3.16. The molecular weight excluding hydrogens is 374 g/mol. The summed E-state index contributed by atoms with van der Waals surface area (Å²) < 4.78 is 6.04. The van der Waals surface area contributed by atoms with E-state index in [2.05, 4.69) is 36.5 Å². The highest BCUT2D eigenvalue weighted by Crippen LogP contribution is 2.30. The van der Waals surface area contributed by atoms with E-state index >= 15 is 0 Å². The molecule has 30 heavy (non-hydrogen) atoms. The van der Waals surface area contributed by atoms with Gasteiger partial charge in [0, 0.05) is 17.3 Å². The van der Waals surface area contributed by atoms with Crippen LogP contribution in [0.15, 0.2) is 67.4 Å². The zero-order valence-corrected chi connectivity index (χ0v) is 17.2. The number of aliphatic hydroxyl groups excluding tert-OH is 1. The van der Waals surface area contributed by atoms with Gasteiger partial charge < -0.3 is 14.8 Å². The van der Waals surface area contributed by atoms with Crippen LogP contribution in [-0.4, -0.2) is 20.1 Å². The summed E-state index contributed by atoms with van der Waals surface area (Å²) in [5.41, 5.74) is 5.22. The minimum Gasteiger partial charge on any atom is -0.508 e. The number of aromatic nitrogens is 3. The van der Waals surface area contributed by atoms with Crippen molar-refractivity contribution in [2.45, 2.75) is 26.9 Å². The van der Waals surface area contributed by atoms with Gasteiger partial charge in [-0.25, -0.2) is 9.97 Å². The third-order valence-electron chi connectivity index (χ3n) is 4.88. The Labute approximate surface area is 176 Å². The quantitative estimate of drug-likeness (QED) is 0.378. The SMILES string of the molecule is C=C(O)c1cnc2[nH]c(-c3cc(OCc4ccccc4)ccc3CC(C)C)nc2c1. The first-order valence-electron chi connectivity index (χ1n) is 10.0. The number of H-pyrrole nitrogens is 1. The fourth-order valence-corrected chi connectivity index (χ4v) is 3.41. The molecule has 2 N–H and O–H groups in total. The van der Waals surface area contributed by atoms with E-state index in [-0.39, 0.29) is 5.76 Å². The maximum absolute atomic E-state index is 9.65. The molecule has 0 atom stereocenters. The summed E-state index contributed by atoms with van der Waals surface area (Å²) in [5, 5.41) is 9.65. The summed E-state index contributed by atoms with van der Waals surface area (Å²) in [6.45, 7) is 8.46. The Hall–Kier alpha value is -3.60. The standard InChI is InChI=1S/C25H25N3O2/c1-16(2)11-19-9-10-21(30-15-18-7-5-4-6-8-18)13-22(19)24-27-23-12-20(17(3)29)14-26-25(23)28-24/h4-10,12-14,16,29H,3,11,15H2,1-2H3,(H,26,27,28). The van der Waals surface area contributed by atoms with Crippen molar-refractivity contribution in [2.24, 2.45) is 5.92 Å². The first-order chi connectivity index (χ1) is 14.5. The Morgan fingerprint density at radius 1 is 1.13 bits per heavy atom.